The number of carbonyl (C=O) groups is 1. The molecule has 0 radical (unpaired) electrons. The molecule has 117 heavy (non-hydrogen) atoms. The van der Waals surface area contributed by atoms with Gasteiger partial charge in [-0.1, -0.05) is 206 Å². The molecule has 0 unspecified atom stereocenters. The maximum Gasteiger partial charge on any atom is 0.338 e. The fourth-order valence-electron chi connectivity index (χ4n) is 19.3. The number of esters is 1. The Morgan fingerprint density at radius 1 is 0.274 bits per heavy atom. The molecular weight excluding hydrogens is 1480 g/mol. The summed E-state index contributed by atoms with van der Waals surface area (Å²) in [6.07, 6.45) is 0. The van der Waals surface area contributed by atoms with Gasteiger partial charge in [0.2, 0.25) is 0 Å². The lowest BCUT2D eigenvalue weighted by molar-refractivity contribution is 0.0472. The molecule has 554 valence electrons. The van der Waals surface area contributed by atoms with Gasteiger partial charge in [-0.25, -0.2) is 39.9 Å². The monoisotopic (exact) mass is 1530 g/mol. The number of ether oxygens (including phenoxy) is 2. The molecule has 23 rings (SSSR count). The number of carbonyl (C=O) groups excluding carboxylic acids is 1. The van der Waals surface area contributed by atoms with Gasteiger partial charge in [-0.3, -0.25) is 0 Å². The van der Waals surface area contributed by atoms with Crippen LogP contribution in [0.1, 0.15) is 15.9 Å². The fourth-order valence-corrected chi connectivity index (χ4v) is 19.3. The van der Waals surface area contributed by atoms with Crippen molar-refractivity contribution >= 4 is 161 Å². The van der Waals surface area contributed by atoms with Gasteiger partial charge in [-0.15, -0.1) is 0 Å². The number of hydrogen-bond donors (Lipinski definition) is 0. The van der Waals surface area contributed by atoms with Crippen LogP contribution < -0.4 is 78.4 Å². The Morgan fingerprint density at radius 2 is 0.598 bits per heavy atom. The minimum absolute atomic E-state index is 0.00823. The summed E-state index contributed by atoms with van der Waals surface area (Å²) in [6, 6.07) is 90.9. The second-order valence-electron chi connectivity index (χ2n) is 30.4. The molecule has 0 saturated carbocycles. The molecule has 0 fully saturated rings. The van der Waals surface area contributed by atoms with Crippen LogP contribution in [0.5, 0.6) is 11.5 Å². The van der Waals surface area contributed by atoms with Gasteiger partial charge in [0.1, 0.15) is 53.1 Å². The van der Waals surface area contributed by atoms with Gasteiger partial charge in [0.25, 0.3) is 20.1 Å². The first-order chi connectivity index (χ1) is 57.2. The highest BCUT2D eigenvalue weighted by atomic mass is 19.2. The number of nitrogens with zero attached hydrogens (tertiary/aromatic N) is 5. The third kappa shape index (κ3) is 10.4. The first-order valence-corrected chi connectivity index (χ1v) is 38.3. The number of anilines is 15. The summed E-state index contributed by atoms with van der Waals surface area (Å²) in [4.78, 5) is 24.7. The van der Waals surface area contributed by atoms with E-state index in [0.717, 1.165) is 96.3 Å². The quantitative estimate of drug-likeness (QED) is 0.0721. The average molecular weight is 1530 g/mol. The molecule has 0 atom stereocenters. The smallest absolute Gasteiger partial charge is 0.338 e. The molecule has 16 aromatic rings. The minimum Gasteiger partial charge on any atom is -0.457 e. The first-order valence-electron chi connectivity index (χ1n) is 38.3. The largest absolute Gasteiger partial charge is 0.457 e. The van der Waals surface area contributed by atoms with Crippen molar-refractivity contribution in [3.05, 3.63) is 373 Å². The van der Waals surface area contributed by atoms with Crippen molar-refractivity contribution in [3.8, 4) is 56.0 Å². The minimum atomic E-state index is -0.962. The van der Waals surface area contributed by atoms with Crippen LogP contribution in [0.25, 0.3) is 44.5 Å². The maximum atomic E-state index is 17.2. The third-order valence-electron chi connectivity index (χ3n) is 23.8. The predicted molar refractivity (Wildman–Crippen MR) is 451 cm³/mol. The van der Waals surface area contributed by atoms with Crippen molar-refractivity contribution in [2.24, 2.45) is 0 Å². The van der Waals surface area contributed by atoms with E-state index >= 15 is 39.9 Å². The maximum absolute atomic E-state index is 17.2. The molecule has 19 heteroatoms. The zero-order valence-corrected chi connectivity index (χ0v) is 61.4. The predicted octanol–water partition coefficient (Wildman–Crippen LogP) is 19.7. The molecule has 0 aromatic heterocycles. The van der Waals surface area contributed by atoms with E-state index in [4.69, 9.17) is 9.47 Å². The second-order valence-corrected chi connectivity index (χ2v) is 30.4. The van der Waals surface area contributed by atoms with Crippen LogP contribution in [0.3, 0.4) is 0 Å². The van der Waals surface area contributed by atoms with Gasteiger partial charge >= 0.3 is 5.97 Å². The molecule has 7 heterocycles. The molecule has 0 aliphatic carbocycles. The van der Waals surface area contributed by atoms with Crippen molar-refractivity contribution in [2.45, 2.75) is 6.61 Å². The zero-order valence-electron chi connectivity index (χ0n) is 61.4. The fraction of sp³-hybridized carbons (Fsp3) is 0.0102. The summed E-state index contributed by atoms with van der Waals surface area (Å²) in [5, 5.41) is 0. The van der Waals surface area contributed by atoms with Crippen molar-refractivity contribution in [3.63, 3.8) is 0 Å². The highest BCUT2D eigenvalue weighted by Crippen LogP contribution is 2.61. The molecule has 0 spiro atoms. The molecule has 7 aliphatic rings. The van der Waals surface area contributed by atoms with E-state index in [1.54, 1.807) is 39.0 Å². The van der Waals surface area contributed by atoms with Crippen molar-refractivity contribution < 1.29 is 49.4 Å². The Morgan fingerprint density at radius 3 is 0.991 bits per heavy atom. The van der Waals surface area contributed by atoms with Gasteiger partial charge in [0, 0.05) is 86.6 Å². The van der Waals surface area contributed by atoms with Crippen molar-refractivity contribution in [2.75, 3.05) is 24.5 Å². The van der Waals surface area contributed by atoms with Crippen LogP contribution in [-0.4, -0.2) is 26.1 Å². The summed E-state index contributed by atoms with van der Waals surface area (Å²) < 4.78 is 148. The van der Waals surface area contributed by atoms with Crippen LogP contribution in [0, 0.1) is 46.5 Å². The molecular formula is C98H54B3F8N5O3. The Kier molecular flexibility index (Phi) is 15.0. The SMILES string of the molecule is O=C(OCc1ccccc1)c1cc2c3c(c1)N(c1cc(F)cc(F)c1)c1cc4c(cc1B3c1ccc(-c3ccccc3)cc1N2c1cc(F)cc(F)c1)B1c2ccc(-c3ccccc3)c3c2N2c5c(ccc(-c6ccccc6)c5O3)B3c5ccc(-c6ccccc6)cc5N(c5cc(F)cc(F)c5)c5cc(c1c2c53)N4c1cc(F)cc(F)c1. The van der Waals surface area contributed by atoms with Gasteiger partial charge in [0.15, 0.2) is 11.5 Å². The van der Waals surface area contributed by atoms with Crippen LogP contribution >= 0.6 is 0 Å². The summed E-state index contributed by atoms with van der Waals surface area (Å²) >= 11 is 0. The van der Waals surface area contributed by atoms with Gasteiger partial charge in [0.05, 0.1) is 39.7 Å². The van der Waals surface area contributed by atoms with E-state index < -0.39 is 72.6 Å². The Bertz CT molecular complexity index is 6930. The number of benzene rings is 16. The van der Waals surface area contributed by atoms with Gasteiger partial charge in [-0.05, 0) is 173 Å². The van der Waals surface area contributed by atoms with Gasteiger partial charge in [-0.2, -0.15) is 0 Å². The molecule has 0 bridgehead atoms. The van der Waals surface area contributed by atoms with E-state index in [0.29, 0.717) is 89.9 Å². The standard InChI is InChI=1S/C98H54B3F8N5O3/c102-62-38-63(103)43-70(42-62)110-83-35-60(56-20-10-3-11-21-56)27-31-77(83)100-80-50-81-85(51-84(80)112(72-46-66(106)40-67(107)47-72)87-37-61(36-86(110)90(87)100)98(115)116-53-54-16-6-1-7-17-54)113(73-48-68(108)41-69(109)49-73)89-52-88-91-95-92(89)101(81)79-33-29-75(58-24-14-5-15-25-58)97-94(79)114(95)93-78(32-28-74(96(93)117-97)57-22-12-4-13-23-57)99(91)76-30-26-59(55-18-8-2-9-19-55)34-82(76)111(88)71-44-64(104)39-65(105)45-71/h1-52H,53H2. The zero-order chi connectivity index (χ0) is 78.5. The highest BCUT2D eigenvalue weighted by molar-refractivity contribution is 7.06. The summed E-state index contributed by atoms with van der Waals surface area (Å²) in [5.74, 6) is -7.02. The van der Waals surface area contributed by atoms with E-state index in [9.17, 15) is 0 Å². The van der Waals surface area contributed by atoms with Crippen molar-refractivity contribution in [1.82, 2.24) is 0 Å². The average Bonchev–Trinajstić information content (AvgIpc) is 0.655. The lowest BCUT2D eigenvalue weighted by Gasteiger charge is -2.53. The Labute approximate surface area is 666 Å². The van der Waals surface area contributed by atoms with E-state index in [1.165, 1.54) is 48.5 Å². The molecule has 7 aliphatic heterocycles. The number of halogens is 8. The van der Waals surface area contributed by atoms with E-state index in [-0.39, 0.29) is 46.3 Å². The second kappa shape index (κ2) is 25.7. The van der Waals surface area contributed by atoms with Crippen LogP contribution in [-0.2, 0) is 11.3 Å². The van der Waals surface area contributed by atoms with E-state index in [2.05, 4.69) is 47.4 Å². The lowest BCUT2D eigenvalue weighted by Crippen LogP contribution is -2.69. The van der Waals surface area contributed by atoms with Crippen LogP contribution in [0.4, 0.5) is 120 Å². The van der Waals surface area contributed by atoms with Crippen LogP contribution in [0.15, 0.2) is 315 Å². The number of rotatable bonds is 11. The molecule has 0 amide bonds. The topological polar surface area (TPSA) is 51.7 Å². The van der Waals surface area contributed by atoms with Crippen LogP contribution in [0.2, 0.25) is 0 Å². The summed E-state index contributed by atoms with van der Waals surface area (Å²) in [7, 11) is 0. The normalized spacial score (nSPS) is 13.5. The number of hydrogen-bond acceptors (Lipinski definition) is 8. The van der Waals surface area contributed by atoms with Gasteiger partial charge < -0.3 is 34.0 Å². The third-order valence-corrected chi connectivity index (χ3v) is 23.8. The highest BCUT2D eigenvalue weighted by Gasteiger charge is 2.56. The molecule has 16 aromatic carbocycles. The van der Waals surface area contributed by atoms with Crippen molar-refractivity contribution in [1.29, 1.82) is 0 Å². The molecule has 8 nitrogen and oxygen atoms in total. The molecule has 0 saturated heterocycles. The Hall–Kier alpha value is -14.6. The van der Waals surface area contributed by atoms with E-state index in [1.807, 2.05) is 181 Å². The molecule has 0 N–H and O–H groups in total. The summed E-state index contributed by atoms with van der Waals surface area (Å²) in [5.41, 5.74) is 18.2. The summed E-state index contributed by atoms with van der Waals surface area (Å²) in [6.45, 7) is -2.64. The lowest BCUT2D eigenvalue weighted by atomic mass is 9.27. The first kappa shape index (κ1) is 68.1. The Balaban J connectivity index is 0.875. The number of fused-ring (bicyclic) bond motifs is 10.